The van der Waals surface area contributed by atoms with Crippen molar-refractivity contribution in [2.45, 2.75) is 0 Å². The number of furan rings is 1. The number of hydrogen-bond acceptors (Lipinski definition) is 5. The molecule has 0 amide bonds. The molecule has 4 aromatic heterocycles. The molecule has 0 aliphatic heterocycles. The summed E-state index contributed by atoms with van der Waals surface area (Å²) in [5.41, 5.74) is 7.70. The highest BCUT2D eigenvalue weighted by atomic mass is 32.1. The van der Waals surface area contributed by atoms with Gasteiger partial charge in [0.2, 0.25) is 0 Å². The molecular weight excluding hydrogens is 703 g/mol. The van der Waals surface area contributed by atoms with E-state index in [1.165, 1.54) is 93.8 Å². The SMILES string of the molecule is c1cc(-c2ccc(N(c3cccc4c3sc3ccccc34)c3cccc4c3sc3ccccc34)cc2)c2c(c1)oc1ccc3sc4ccccc4c3c12. The van der Waals surface area contributed by atoms with Gasteiger partial charge in [0.05, 0.1) is 20.8 Å². The summed E-state index contributed by atoms with van der Waals surface area (Å²) in [6, 6.07) is 59.8. The maximum atomic E-state index is 6.55. The molecule has 0 radical (unpaired) electrons. The van der Waals surface area contributed by atoms with Crippen LogP contribution in [0.2, 0.25) is 0 Å². The fourth-order valence-electron chi connectivity index (χ4n) is 8.38. The van der Waals surface area contributed by atoms with E-state index in [1.807, 2.05) is 34.0 Å². The minimum atomic E-state index is 0.916. The summed E-state index contributed by atoms with van der Waals surface area (Å²) in [7, 11) is 0. The van der Waals surface area contributed by atoms with Gasteiger partial charge in [-0.3, -0.25) is 0 Å². The highest BCUT2D eigenvalue weighted by Gasteiger charge is 2.22. The predicted octanol–water partition coefficient (Wildman–Crippen LogP) is 15.8. The minimum absolute atomic E-state index is 0.916. The number of thiophene rings is 3. The van der Waals surface area contributed by atoms with Gasteiger partial charge < -0.3 is 9.32 Å². The summed E-state index contributed by atoms with van der Waals surface area (Å²) in [6.07, 6.45) is 0. The highest BCUT2D eigenvalue weighted by molar-refractivity contribution is 7.27. The molecule has 0 bridgehead atoms. The van der Waals surface area contributed by atoms with Gasteiger partial charge >= 0.3 is 0 Å². The molecule has 4 heterocycles. The molecular formula is C48H27NOS3. The zero-order chi connectivity index (χ0) is 34.6. The molecule has 0 fully saturated rings. The van der Waals surface area contributed by atoms with E-state index in [0.717, 1.165) is 16.9 Å². The average Bonchev–Trinajstić information content (AvgIpc) is 3.98. The third-order valence-corrected chi connectivity index (χ3v) is 14.2. The molecule has 53 heavy (non-hydrogen) atoms. The van der Waals surface area contributed by atoms with Crippen molar-refractivity contribution < 1.29 is 4.42 Å². The van der Waals surface area contributed by atoms with Crippen molar-refractivity contribution >= 4 is 134 Å². The van der Waals surface area contributed by atoms with Crippen molar-refractivity contribution in [1.29, 1.82) is 0 Å². The first-order valence-corrected chi connectivity index (χ1v) is 20.2. The van der Waals surface area contributed by atoms with Crippen LogP contribution in [0.4, 0.5) is 17.1 Å². The van der Waals surface area contributed by atoms with Crippen LogP contribution in [0.25, 0.3) is 93.6 Å². The van der Waals surface area contributed by atoms with E-state index in [2.05, 4.69) is 169 Å². The van der Waals surface area contributed by atoms with Crippen molar-refractivity contribution in [3.05, 3.63) is 164 Å². The van der Waals surface area contributed by atoms with Gasteiger partial charge in [-0.1, -0.05) is 103 Å². The molecule has 0 saturated heterocycles. The van der Waals surface area contributed by atoms with Crippen molar-refractivity contribution in [3.63, 3.8) is 0 Å². The second-order valence-corrected chi connectivity index (χ2v) is 16.8. The van der Waals surface area contributed by atoms with Crippen molar-refractivity contribution in [2.75, 3.05) is 4.90 Å². The van der Waals surface area contributed by atoms with Crippen LogP contribution in [-0.2, 0) is 0 Å². The van der Waals surface area contributed by atoms with Gasteiger partial charge in [0.25, 0.3) is 0 Å². The van der Waals surface area contributed by atoms with Crippen molar-refractivity contribution in [2.24, 2.45) is 0 Å². The number of nitrogens with zero attached hydrogens (tertiary/aromatic N) is 1. The minimum Gasteiger partial charge on any atom is -0.456 e. The second-order valence-electron chi connectivity index (χ2n) is 13.6. The van der Waals surface area contributed by atoms with E-state index in [9.17, 15) is 0 Å². The van der Waals surface area contributed by atoms with Gasteiger partial charge in [-0.05, 0) is 71.8 Å². The number of benzene rings is 8. The first kappa shape index (κ1) is 29.6. The average molecular weight is 730 g/mol. The first-order valence-electron chi connectivity index (χ1n) is 17.7. The van der Waals surface area contributed by atoms with Gasteiger partial charge in [-0.15, -0.1) is 34.0 Å². The van der Waals surface area contributed by atoms with Crippen LogP contribution < -0.4 is 4.90 Å². The van der Waals surface area contributed by atoms with E-state index < -0.39 is 0 Å². The summed E-state index contributed by atoms with van der Waals surface area (Å²) in [4.78, 5) is 2.48. The third-order valence-electron chi connectivity index (χ3n) is 10.7. The fraction of sp³-hybridized carbons (Fsp3) is 0. The maximum Gasteiger partial charge on any atom is 0.136 e. The Hall–Kier alpha value is -5.98. The lowest BCUT2D eigenvalue weighted by Crippen LogP contribution is -2.10. The molecule has 2 nitrogen and oxygen atoms in total. The monoisotopic (exact) mass is 729 g/mol. The Morgan fingerprint density at radius 1 is 0.358 bits per heavy atom. The van der Waals surface area contributed by atoms with Crippen LogP contribution in [0.5, 0.6) is 0 Å². The van der Waals surface area contributed by atoms with Crippen LogP contribution in [0.15, 0.2) is 168 Å². The van der Waals surface area contributed by atoms with Crippen LogP contribution in [0.1, 0.15) is 0 Å². The maximum absolute atomic E-state index is 6.55. The van der Waals surface area contributed by atoms with Crippen LogP contribution >= 0.6 is 34.0 Å². The molecule has 0 aliphatic rings. The van der Waals surface area contributed by atoms with Crippen LogP contribution in [0, 0.1) is 0 Å². The normalized spacial score (nSPS) is 12.2. The van der Waals surface area contributed by atoms with E-state index in [0.29, 0.717) is 0 Å². The Labute approximate surface area is 316 Å². The van der Waals surface area contributed by atoms with Gasteiger partial charge in [-0.2, -0.15) is 0 Å². The molecule has 12 aromatic rings. The molecule has 0 saturated carbocycles. The van der Waals surface area contributed by atoms with Crippen LogP contribution in [0.3, 0.4) is 0 Å². The molecule has 248 valence electrons. The Bertz CT molecular complexity index is 3300. The molecule has 0 N–H and O–H groups in total. The lowest BCUT2D eigenvalue weighted by molar-refractivity contribution is 0.669. The van der Waals surface area contributed by atoms with E-state index in [1.54, 1.807) is 0 Å². The lowest BCUT2D eigenvalue weighted by Gasteiger charge is -2.27. The molecule has 0 aliphatic carbocycles. The summed E-state index contributed by atoms with van der Waals surface area (Å²) in [5.74, 6) is 0. The fourth-order valence-corrected chi connectivity index (χ4v) is 11.9. The first-order chi connectivity index (χ1) is 26.3. The molecule has 12 rings (SSSR count). The van der Waals surface area contributed by atoms with Gasteiger partial charge in [0, 0.05) is 67.6 Å². The Morgan fingerprint density at radius 3 is 1.57 bits per heavy atom. The largest absolute Gasteiger partial charge is 0.456 e. The molecule has 0 unspecified atom stereocenters. The van der Waals surface area contributed by atoms with Gasteiger partial charge in [0.15, 0.2) is 0 Å². The topological polar surface area (TPSA) is 16.4 Å². The standard InChI is InChI=1S/C48H27NOS3/c1-4-19-40-31(10-1)33-14-7-16-36(47(33)52-40)49(37-17-8-15-34-32-11-2-5-20-41(32)53-48(34)37)29-24-22-28(23-25-29)30-13-9-18-38-44(30)46-39(50-38)26-27-43-45(46)35-12-3-6-21-42(35)51-43/h1-27H. The highest BCUT2D eigenvalue weighted by Crippen LogP contribution is 2.50. The molecule has 0 spiro atoms. The van der Waals surface area contributed by atoms with E-state index in [-0.39, 0.29) is 0 Å². The van der Waals surface area contributed by atoms with Gasteiger partial charge in [0.1, 0.15) is 11.2 Å². The zero-order valence-corrected chi connectivity index (χ0v) is 30.6. The summed E-state index contributed by atoms with van der Waals surface area (Å²) in [6.45, 7) is 0. The molecule has 0 atom stereocenters. The number of rotatable bonds is 4. The number of fused-ring (bicyclic) bond motifs is 13. The van der Waals surface area contributed by atoms with E-state index in [4.69, 9.17) is 4.42 Å². The Kier molecular flexibility index (Phi) is 6.28. The van der Waals surface area contributed by atoms with E-state index >= 15 is 0 Å². The molecule has 5 heteroatoms. The zero-order valence-electron chi connectivity index (χ0n) is 28.2. The van der Waals surface area contributed by atoms with Crippen molar-refractivity contribution in [1.82, 2.24) is 0 Å². The van der Waals surface area contributed by atoms with Crippen molar-refractivity contribution in [3.8, 4) is 11.1 Å². The lowest BCUT2D eigenvalue weighted by atomic mass is 9.97. The van der Waals surface area contributed by atoms with Crippen LogP contribution in [-0.4, -0.2) is 0 Å². The summed E-state index contributed by atoms with van der Waals surface area (Å²) >= 11 is 5.60. The second kappa shape index (κ2) is 11.3. The summed E-state index contributed by atoms with van der Waals surface area (Å²) in [5, 5.41) is 10.1. The van der Waals surface area contributed by atoms with Gasteiger partial charge in [-0.25, -0.2) is 0 Å². The third kappa shape index (κ3) is 4.30. The summed E-state index contributed by atoms with van der Waals surface area (Å²) < 4.78 is 14.3. The predicted molar refractivity (Wildman–Crippen MR) is 233 cm³/mol. The Morgan fingerprint density at radius 2 is 0.906 bits per heavy atom. The number of hydrogen-bond donors (Lipinski definition) is 0. The number of anilines is 3. The smallest absolute Gasteiger partial charge is 0.136 e. The molecule has 8 aromatic carbocycles. The quantitative estimate of drug-likeness (QED) is 0.179. The Balaban J connectivity index is 1.09.